The third-order valence-electron chi connectivity index (χ3n) is 2.58. The van der Waals surface area contributed by atoms with Crippen molar-refractivity contribution < 1.29 is 23.4 Å². The molecule has 0 atom stereocenters. The van der Waals surface area contributed by atoms with Crippen LogP contribution < -0.4 is 0 Å². The van der Waals surface area contributed by atoms with E-state index in [0.717, 1.165) is 0 Å². The van der Waals surface area contributed by atoms with Crippen LogP contribution in [-0.2, 0) is 14.6 Å². The first kappa shape index (κ1) is 12.5. The van der Waals surface area contributed by atoms with E-state index in [9.17, 15) is 13.6 Å². The molecule has 5 heteroatoms. The molecule has 1 fully saturated rings. The molecule has 88 valence electrons. The molecular weight excluding hydrogens is 206 g/mol. The van der Waals surface area contributed by atoms with E-state index in [-0.39, 0.29) is 31.7 Å². The van der Waals surface area contributed by atoms with E-state index in [1.165, 1.54) is 0 Å². The molecule has 0 saturated heterocycles. The van der Waals surface area contributed by atoms with E-state index in [0.29, 0.717) is 6.61 Å². The van der Waals surface area contributed by atoms with Gasteiger partial charge in [-0.25, -0.2) is 18.6 Å². The average molecular weight is 222 g/mol. The summed E-state index contributed by atoms with van der Waals surface area (Å²) in [6.07, 6.45) is -0.548. The predicted molar refractivity (Wildman–Crippen MR) is 49.5 cm³/mol. The lowest BCUT2D eigenvalue weighted by atomic mass is 9.64. The van der Waals surface area contributed by atoms with Crippen molar-refractivity contribution in [3.05, 3.63) is 0 Å². The second-order valence-corrected chi connectivity index (χ2v) is 4.17. The van der Waals surface area contributed by atoms with Gasteiger partial charge in [-0.1, -0.05) is 6.92 Å². The molecule has 0 N–H and O–H groups in total. The number of carbonyl (C=O) groups excluding carboxylic acids is 1. The quantitative estimate of drug-likeness (QED) is 0.393. The van der Waals surface area contributed by atoms with Gasteiger partial charge in [0, 0.05) is 24.7 Å². The first-order valence-corrected chi connectivity index (χ1v) is 5.05. The highest BCUT2D eigenvalue weighted by Crippen LogP contribution is 2.52. The molecular formula is C10H16F2O3. The Labute approximate surface area is 87.7 Å². The summed E-state index contributed by atoms with van der Waals surface area (Å²) < 4.78 is 25.3. The van der Waals surface area contributed by atoms with Gasteiger partial charge in [0.1, 0.15) is 5.78 Å². The first-order valence-electron chi connectivity index (χ1n) is 5.05. The van der Waals surface area contributed by atoms with Crippen LogP contribution in [-0.4, -0.2) is 24.9 Å². The van der Waals surface area contributed by atoms with E-state index in [4.69, 9.17) is 0 Å². The summed E-state index contributed by atoms with van der Waals surface area (Å²) in [6.45, 7) is 3.88. The first-order chi connectivity index (χ1) is 6.90. The maximum atomic E-state index is 12.6. The molecule has 1 rings (SSSR count). The van der Waals surface area contributed by atoms with Gasteiger partial charge in [-0.2, -0.15) is 0 Å². The lowest BCUT2D eigenvalue weighted by molar-refractivity contribution is -0.291. The molecule has 0 aromatic heterocycles. The van der Waals surface area contributed by atoms with E-state index in [1.54, 1.807) is 13.8 Å². The molecule has 0 aliphatic heterocycles. The van der Waals surface area contributed by atoms with Crippen molar-refractivity contribution in [3.63, 3.8) is 0 Å². The Balaban J connectivity index is 2.24. The van der Waals surface area contributed by atoms with Crippen LogP contribution in [0.1, 0.15) is 33.1 Å². The maximum absolute atomic E-state index is 12.6. The number of Topliss-reactive ketones (excluding diaryl/α,β-unsaturated/α-hetero) is 1. The number of ketones is 1. The zero-order chi connectivity index (χ0) is 11.5. The monoisotopic (exact) mass is 222 g/mol. The minimum Gasteiger partial charge on any atom is -0.299 e. The molecule has 0 amide bonds. The van der Waals surface area contributed by atoms with Crippen LogP contribution in [0.2, 0.25) is 0 Å². The van der Waals surface area contributed by atoms with Crippen molar-refractivity contribution >= 4 is 5.78 Å². The predicted octanol–water partition coefficient (Wildman–Crippen LogP) is 2.35. The smallest absolute Gasteiger partial charge is 0.250 e. The van der Waals surface area contributed by atoms with Gasteiger partial charge in [-0.3, -0.25) is 4.79 Å². The van der Waals surface area contributed by atoms with Gasteiger partial charge in [0.15, 0.2) is 0 Å². The number of hydrogen-bond acceptors (Lipinski definition) is 3. The van der Waals surface area contributed by atoms with Crippen LogP contribution in [0.4, 0.5) is 8.78 Å². The van der Waals surface area contributed by atoms with Crippen molar-refractivity contribution in [3.8, 4) is 0 Å². The molecule has 0 aromatic rings. The highest BCUT2D eigenvalue weighted by Gasteiger charge is 2.56. The minimum atomic E-state index is -2.66. The van der Waals surface area contributed by atoms with Crippen molar-refractivity contribution in [1.29, 1.82) is 0 Å². The van der Waals surface area contributed by atoms with Crippen LogP contribution in [0.25, 0.3) is 0 Å². The Morgan fingerprint density at radius 3 is 2.40 bits per heavy atom. The maximum Gasteiger partial charge on any atom is 0.250 e. The molecule has 1 saturated carbocycles. The Morgan fingerprint density at radius 2 is 1.93 bits per heavy atom. The normalized spacial score (nSPS) is 22.1. The van der Waals surface area contributed by atoms with Gasteiger partial charge in [0.2, 0.25) is 5.92 Å². The lowest BCUT2D eigenvalue weighted by Gasteiger charge is -2.43. The van der Waals surface area contributed by atoms with Crippen LogP contribution in [0, 0.1) is 5.41 Å². The Kier molecular flexibility index (Phi) is 3.78. The van der Waals surface area contributed by atoms with Gasteiger partial charge >= 0.3 is 0 Å². The Morgan fingerprint density at radius 1 is 1.33 bits per heavy atom. The van der Waals surface area contributed by atoms with E-state index in [1.807, 2.05) is 0 Å². The third kappa shape index (κ3) is 3.21. The summed E-state index contributed by atoms with van der Waals surface area (Å²) in [6, 6.07) is 0. The van der Waals surface area contributed by atoms with Gasteiger partial charge in [0.25, 0.3) is 0 Å². The van der Waals surface area contributed by atoms with E-state index < -0.39 is 11.3 Å². The van der Waals surface area contributed by atoms with E-state index in [2.05, 4.69) is 9.78 Å². The molecule has 1 aliphatic rings. The summed E-state index contributed by atoms with van der Waals surface area (Å²) in [7, 11) is 0. The van der Waals surface area contributed by atoms with Gasteiger partial charge in [-0.05, 0) is 6.92 Å². The highest BCUT2D eigenvalue weighted by atomic mass is 19.3. The summed E-state index contributed by atoms with van der Waals surface area (Å²) in [4.78, 5) is 20.8. The minimum absolute atomic E-state index is 0.132. The fourth-order valence-electron chi connectivity index (χ4n) is 1.87. The summed E-state index contributed by atoms with van der Waals surface area (Å²) in [5, 5.41) is 0. The van der Waals surface area contributed by atoms with Crippen molar-refractivity contribution in [2.24, 2.45) is 5.41 Å². The van der Waals surface area contributed by atoms with Gasteiger partial charge in [0.05, 0.1) is 13.2 Å². The number of hydrogen-bond donors (Lipinski definition) is 0. The standard InChI is InChI=1S/C10H16F2O3/c1-3-14-15-5-4-8(13)9(2)6-10(11,12)7-9/h3-7H2,1-2H3. The lowest BCUT2D eigenvalue weighted by Crippen LogP contribution is -2.49. The fourth-order valence-corrected chi connectivity index (χ4v) is 1.87. The molecule has 0 spiro atoms. The summed E-state index contributed by atoms with van der Waals surface area (Å²) in [5.74, 6) is -2.83. The van der Waals surface area contributed by atoms with Crippen LogP contribution in [0.3, 0.4) is 0 Å². The second-order valence-electron chi connectivity index (χ2n) is 4.17. The Hall–Kier alpha value is -0.550. The SMILES string of the molecule is CCOOCCC(=O)C1(C)CC(F)(F)C1. The van der Waals surface area contributed by atoms with Gasteiger partial charge in [-0.15, -0.1) is 0 Å². The molecule has 0 radical (unpaired) electrons. The van der Waals surface area contributed by atoms with Crippen LogP contribution in [0.15, 0.2) is 0 Å². The number of rotatable bonds is 6. The fraction of sp³-hybridized carbons (Fsp3) is 0.900. The number of alkyl halides is 2. The third-order valence-corrected chi connectivity index (χ3v) is 2.58. The van der Waals surface area contributed by atoms with Crippen molar-refractivity contribution in [2.45, 2.75) is 39.0 Å². The molecule has 0 aromatic carbocycles. The second kappa shape index (κ2) is 4.53. The van der Waals surface area contributed by atoms with Crippen molar-refractivity contribution in [2.75, 3.05) is 13.2 Å². The molecule has 3 nitrogen and oxygen atoms in total. The summed E-state index contributed by atoms with van der Waals surface area (Å²) >= 11 is 0. The van der Waals surface area contributed by atoms with Crippen molar-refractivity contribution in [1.82, 2.24) is 0 Å². The Bertz CT molecular complexity index is 233. The number of carbonyl (C=O) groups is 1. The molecule has 0 unspecified atom stereocenters. The van der Waals surface area contributed by atoms with Crippen LogP contribution >= 0.6 is 0 Å². The molecule has 0 heterocycles. The zero-order valence-electron chi connectivity index (χ0n) is 9.02. The summed E-state index contributed by atoms with van der Waals surface area (Å²) in [5.41, 5.74) is -0.862. The topological polar surface area (TPSA) is 35.5 Å². The highest BCUT2D eigenvalue weighted by molar-refractivity contribution is 5.85. The molecule has 15 heavy (non-hydrogen) atoms. The number of halogens is 2. The van der Waals surface area contributed by atoms with Gasteiger partial charge < -0.3 is 0 Å². The largest absolute Gasteiger partial charge is 0.299 e. The molecule has 0 bridgehead atoms. The van der Waals surface area contributed by atoms with E-state index >= 15 is 0 Å². The molecule has 1 aliphatic carbocycles. The zero-order valence-corrected chi connectivity index (χ0v) is 9.02. The van der Waals surface area contributed by atoms with Crippen LogP contribution in [0.5, 0.6) is 0 Å². The average Bonchev–Trinajstić information content (AvgIpc) is 2.08.